The van der Waals surface area contributed by atoms with Gasteiger partial charge in [0, 0.05) is 16.8 Å². The van der Waals surface area contributed by atoms with Crippen molar-refractivity contribution in [2.45, 2.75) is 32.1 Å². The fourth-order valence-electron chi connectivity index (χ4n) is 2.96. The van der Waals surface area contributed by atoms with Crippen LogP contribution in [0.25, 0.3) is 11.4 Å². The van der Waals surface area contributed by atoms with Crippen molar-refractivity contribution < 1.29 is 9.47 Å². The van der Waals surface area contributed by atoms with Gasteiger partial charge in [0.25, 0.3) is 0 Å². The number of benzene rings is 1. The monoisotopic (exact) mass is 283 g/mol. The molecule has 1 aromatic heterocycles. The first-order valence-electron chi connectivity index (χ1n) is 7.36. The predicted octanol–water partition coefficient (Wildman–Crippen LogP) is 2.72. The third-order valence-corrected chi connectivity index (χ3v) is 4.10. The SMILES string of the molecule is Nc1nc(-c2ccc3c(c2)OCO3)nc2c1CCCCC2. The van der Waals surface area contributed by atoms with Gasteiger partial charge < -0.3 is 15.2 Å². The molecule has 0 fully saturated rings. The minimum Gasteiger partial charge on any atom is -0.454 e. The molecule has 5 nitrogen and oxygen atoms in total. The van der Waals surface area contributed by atoms with Crippen molar-refractivity contribution in [2.24, 2.45) is 0 Å². The first-order valence-corrected chi connectivity index (χ1v) is 7.36. The highest BCUT2D eigenvalue weighted by molar-refractivity contribution is 5.63. The molecular weight excluding hydrogens is 266 g/mol. The molecule has 0 saturated carbocycles. The number of aryl methyl sites for hydroxylation is 1. The zero-order valence-electron chi connectivity index (χ0n) is 11.8. The second-order valence-corrected chi connectivity index (χ2v) is 5.49. The minimum absolute atomic E-state index is 0.270. The van der Waals surface area contributed by atoms with E-state index < -0.39 is 0 Å². The van der Waals surface area contributed by atoms with Crippen molar-refractivity contribution in [3.63, 3.8) is 0 Å². The molecular formula is C16H17N3O2. The fraction of sp³-hybridized carbons (Fsp3) is 0.375. The molecule has 21 heavy (non-hydrogen) atoms. The van der Waals surface area contributed by atoms with Crippen LogP contribution in [0.1, 0.15) is 30.5 Å². The number of rotatable bonds is 1. The van der Waals surface area contributed by atoms with Crippen LogP contribution in [0.4, 0.5) is 5.82 Å². The molecule has 2 aliphatic rings. The summed E-state index contributed by atoms with van der Waals surface area (Å²) in [7, 11) is 0. The molecule has 0 saturated heterocycles. The van der Waals surface area contributed by atoms with Crippen molar-refractivity contribution in [3.8, 4) is 22.9 Å². The molecule has 0 atom stereocenters. The third-order valence-electron chi connectivity index (χ3n) is 4.10. The normalized spacial score (nSPS) is 16.4. The average molecular weight is 283 g/mol. The van der Waals surface area contributed by atoms with Gasteiger partial charge in [0.2, 0.25) is 6.79 Å². The number of ether oxygens (including phenoxy) is 2. The number of nitrogens with zero attached hydrogens (tertiary/aromatic N) is 2. The highest BCUT2D eigenvalue weighted by Gasteiger charge is 2.18. The first kappa shape index (κ1) is 12.4. The summed E-state index contributed by atoms with van der Waals surface area (Å²) in [6.45, 7) is 0.270. The molecule has 1 aliphatic heterocycles. The van der Waals surface area contributed by atoms with Crippen LogP contribution in [0.3, 0.4) is 0 Å². The molecule has 0 amide bonds. The van der Waals surface area contributed by atoms with Crippen LogP contribution in [0.5, 0.6) is 11.5 Å². The van der Waals surface area contributed by atoms with Crippen LogP contribution >= 0.6 is 0 Å². The summed E-state index contributed by atoms with van der Waals surface area (Å²) in [5, 5.41) is 0. The summed E-state index contributed by atoms with van der Waals surface area (Å²) in [6, 6.07) is 5.76. The largest absolute Gasteiger partial charge is 0.454 e. The Labute approximate surface area is 123 Å². The zero-order chi connectivity index (χ0) is 14.2. The molecule has 2 aromatic rings. The summed E-state index contributed by atoms with van der Waals surface area (Å²) in [5.74, 6) is 2.80. The fourth-order valence-corrected chi connectivity index (χ4v) is 2.96. The van der Waals surface area contributed by atoms with Crippen LogP contribution in [0.2, 0.25) is 0 Å². The van der Waals surface area contributed by atoms with Crippen LogP contribution < -0.4 is 15.2 Å². The van der Waals surface area contributed by atoms with E-state index in [1.807, 2.05) is 18.2 Å². The summed E-state index contributed by atoms with van der Waals surface area (Å²) < 4.78 is 10.7. The van der Waals surface area contributed by atoms with Gasteiger partial charge in [-0.25, -0.2) is 9.97 Å². The number of anilines is 1. The lowest BCUT2D eigenvalue weighted by Crippen LogP contribution is -2.06. The lowest BCUT2D eigenvalue weighted by Gasteiger charge is -2.10. The van der Waals surface area contributed by atoms with Gasteiger partial charge in [0.15, 0.2) is 17.3 Å². The summed E-state index contributed by atoms with van der Waals surface area (Å²) in [6.07, 6.45) is 5.55. The van der Waals surface area contributed by atoms with Gasteiger partial charge in [0.1, 0.15) is 5.82 Å². The summed E-state index contributed by atoms with van der Waals surface area (Å²) in [5.41, 5.74) is 9.31. The Bertz CT molecular complexity index is 700. The van der Waals surface area contributed by atoms with Gasteiger partial charge in [-0.1, -0.05) is 6.42 Å². The lowest BCUT2D eigenvalue weighted by molar-refractivity contribution is 0.174. The average Bonchev–Trinajstić information content (AvgIpc) is 2.83. The van der Waals surface area contributed by atoms with E-state index in [1.165, 1.54) is 19.3 Å². The van der Waals surface area contributed by atoms with Gasteiger partial charge in [-0.3, -0.25) is 0 Å². The summed E-state index contributed by atoms with van der Waals surface area (Å²) in [4.78, 5) is 9.24. The van der Waals surface area contributed by atoms with Crippen molar-refractivity contribution in [2.75, 3.05) is 12.5 Å². The van der Waals surface area contributed by atoms with Gasteiger partial charge in [-0.15, -0.1) is 0 Å². The number of fused-ring (bicyclic) bond motifs is 2. The van der Waals surface area contributed by atoms with Crippen LogP contribution in [-0.2, 0) is 12.8 Å². The molecule has 0 bridgehead atoms. The van der Waals surface area contributed by atoms with Crippen LogP contribution in [-0.4, -0.2) is 16.8 Å². The van der Waals surface area contributed by atoms with Crippen molar-refractivity contribution in [1.29, 1.82) is 0 Å². The van der Waals surface area contributed by atoms with E-state index in [2.05, 4.69) is 4.98 Å². The number of nitrogens with two attached hydrogens (primary N) is 1. The van der Waals surface area contributed by atoms with Gasteiger partial charge in [-0.2, -0.15) is 0 Å². The highest BCUT2D eigenvalue weighted by Crippen LogP contribution is 2.35. The van der Waals surface area contributed by atoms with Crippen molar-refractivity contribution in [1.82, 2.24) is 9.97 Å². The smallest absolute Gasteiger partial charge is 0.231 e. The molecule has 0 unspecified atom stereocenters. The molecule has 1 aromatic carbocycles. The maximum absolute atomic E-state index is 6.15. The number of hydrogen-bond donors (Lipinski definition) is 1. The molecule has 4 rings (SSSR count). The number of nitrogen functional groups attached to an aromatic ring is 1. The Morgan fingerprint density at radius 3 is 2.76 bits per heavy atom. The second kappa shape index (κ2) is 4.91. The Balaban J connectivity index is 1.78. The van der Waals surface area contributed by atoms with Crippen molar-refractivity contribution >= 4 is 5.82 Å². The Kier molecular flexibility index (Phi) is 2.91. The second-order valence-electron chi connectivity index (χ2n) is 5.49. The Morgan fingerprint density at radius 1 is 0.952 bits per heavy atom. The minimum atomic E-state index is 0.270. The molecule has 1 aliphatic carbocycles. The van der Waals surface area contributed by atoms with E-state index in [0.717, 1.165) is 41.2 Å². The molecule has 2 heterocycles. The Morgan fingerprint density at radius 2 is 1.81 bits per heavy atom. The van der Waals surface area contributed by atoms with Crippen LogP contribution in [0.15, 0.2) is 18.2 Å². The standard InChI is InChI=1S/C16H17N3O2/c17-15-11-4-2-1-3-5-12(11)18-16(19-15)10-6-7-13-14(8-10)21-9-20-13/h6-8H,1-5,9H2,(H2,17,18,19). The Hall–Kier alpha value is -2.30. The zero-order valence-corrected chi connectivity index (χ0v) is 11.8. The molecule has 108 valence electrons. The molecule has 2 N–H and O–H groups in total. The van der Waals surface area contributed by atoms with E-state index in [-0.39, 0.29) is 6.79 Å². The van der Waals surface area contributed by atoms with E-state index in [1.54, 1.807) is 0 Å². The predicted molar refractivity (Wildman–Crippen MR) is 79.3 cm³/mol. The third kappa shape index (κ3) is 2.18. The van der Waals surface area contributed by atoms with E-state index >= 15 is 0 Å². The maximum Gasteiger partial charge on any atom is 0.231 e. The summed E-state index contributed by atoms with van der Waals surface area (Å²) >= 11 is 0. The van der Waals surface area contributed by atoms with E-state index in [9.17, 15) is 0 Å². The van der Waals surface area contributed by atoms with Gasteiger partial charge >= 0.3 is 0 Å². The molecule has 0 spiro atoms. The van der Waals surface area contributed by atoms with E-state index in [4.69, 9.17) is 20.2 Å². The van der Waals surface area contributed by atoms with Crippen molar-refractivity contribution in [3.05, 3.63) is 29.5 Å². The van der Waals surface area contributed by atoms with Crippen LogP contribution in [0, 0.1) is 0 Å². The number of aromatic nitrogens is 2. The highest BCUT2D eigenvalue weighted by atomic mass is 16.7. The topological polar surface area (TPSA) is 70.3 Å². The van der Waals surface area contributed by atoms with Gasteiger partial charge in [-0.05, 0) is 43.9 Å². The maximum atomic E-state index is 6.15. The van der Waals surface area contributed by atoms with Gasteiger partial charge in [0.05, 0.1) is 0 Å². The number of hydrogen-bond acceptors (Lipinski definition) is 5. The molecule has 0 radical (unpaired) electrons. The van der Waals surface area contributed by atoms with E-state index in [0.29, 0.717) is 11.6 Å². The lowest BCUT2D eigenvalue weighted by atomic mass is 10.1. The molecule has 5 heteroatoms. The quantitative estimate of drug-likeness (QED) is 0.815. The first-order chi connectivity index (χ1) is 10.3.